The maximum Gasteiger partial charge on any atom is 0.308 e. The number of aliphatic carboxylic acids is 1. The number of likely N-dealkylation sites (tertiary alicyclic amines) is 1. The molecule has 3 rings (SSSR count). The van der Waals surface area contributed by atoms with Crippen LogP contribution in [0, 0.1) is 23.7 Å². The topological polar surface area (TPSA) is 57.6 Å². The Bertz CT molecular complexity index is 614. The predicted molar refractivity (Wildman–Crippen MR) is 88.2 cm³/mol. The first-order valence-electron chi connectivity index (χ1n) is 8.21. The Morgan fingerprint density at radius 1 is 1.35 bits per heavy atom. The molecular formula is C18H22ClNO3. The monoisotopic (exact) mass is 335 g/mol. The van der Waals surface area contributed by atoms with Gasteiger partial charge in [-0.15, -0.1) is 0 Å². The lowest BCUT2D eigenvalue weighted by atomic mass is 9.92. The molecule has 1 aromatic rings. The van der Waals surface area contributed by atoms with Crippen molar-refractivity contribution in [2.75, 3.05) is 13.1 Å². The highest BCUT2D eigenvalue weighted by molar-refractivity contribution is 6.30. The average Bonchev–Trinajstić information content (AvgIpc) is 3.24. The lowest BCUT2D eigenvalue weighted by Crippen LogP contribution is -2.35. The van der Waals surface area contributed by atoms with Gasteiger partial charge in [0.1, 0.15) is 0 Å². The van der Waals surface area contributed by atoms with Crippen molar-refractivity contribution in [2.45, 2.75) is 26.2 Å². The fraction of sp³-hybridized carbons (Fsp3) is 0.556. The average molecular weight is 336 g/mol. The van der Waals surface area contributed by atoms with Gasteiger partial charge in [-0.1, -0.05) is 30.7 Å². The van der Waals surface area contributed by atoms with Gasteiger partial charge in [-0.3, -0.25) is 9.59 Å². The number of amides is 1. The molecule has 0 spiro atoms. The van der Waals surface area contributed by atoms with E-state index >= 15 is 0 Å². The third-order valence-electron chi connectivity index (χ3n) is 5.07. The minimum absolute atomic E-state index is 0.0550. The zero-order valence-electron chi connectivity index (χ0n) is 13.2. The minimum Gasteiger partial charge on any atom is -0.481 e. The molecule has 1 saturated carbocycles. The summed E-state index contributed by atoms with van der Waals surface area (Å²) in [6, 6.07) is 7.54. The smallest absolute Gasteiger partial charge is 0.308 e. The zero-order valence-corrected chi connectivity index (χ0v) is 14.0. The second-order valence-electron chi connectivity index (χ2n) is 6.92. The molecule has 0 bridgehead atoms. The van der Waals surface area contributed by atoms with Crippen molar-refractivity contribution >= 4 is 23.5 Å². The molecule has 23 heavy (non-hydrogen) atoms. The second kappa shape index (κ2) is 6.52. The van der Waals surface area contributed by atoms with Crippen LogP contribution in [-0.4, -0.2) is 35.0 Å². The van der Waals surface area contributed by atoms with E-state index in [0.717, 1.165) is 18.4 Å². The summed E-state index contributed by atoms with van der Waals surface area (Å²) in [6.45, 7) is 2.86. The van der Waals surface area contributed by atoms with Crippen molar-refractivity contribution in [3.63, 3.8) is 0 Å². The summed E-state index contributed by atoms with van der Waals surface area (Å²) >= 11 is 5.99. The van der Waals surface area contributed by atoms with Gasteiger partial charge in [0.05, 0.1) is 5.92 Å². The molecule has 1 unspecified atom stereocenters. The lowest BCUT2D eigenvalue weighted by molar-refractivity contribution is -0.143. The first-order chi connectivity index (χ1) is 11.0. The number of hydrogen-bond acceptors (Lipinski definition) is 2. The van der Waals surface area contributed by atoms with Crippen molar-refractivity contribution in [3.05, 3.63) is 34.9 Å². The fourth-order valence-corrected chi connectivity index (χ4v) is 3.90. The SMILES string of the molecule is CC(Cc1cccc(Cl)c1)C(=O)N1C[C@H](C(=O)O)[C@@H](C2CC2)C1. The Labute approximate surface area is 141 Å². The Balaban J connectivity index is 1.64. The summed E-state index contributed by atoms with van der Waals surface area (Å²) in [4.78, 5) is 25.9. The molecule has 1 heterocycles. The molecule has 1 N–H and O–H groups in total. The number of carbonyl (C=O) groups is 2. The number of carboxylic acids is 1. The van der Waals surface area contributed by atoms with Gasteiger partial charge in [-0.05, 0) is 48.8 Å². The first-order valence-corrected chi connectivity index (χ1v) is 8.59. The van der Waals surface area contributed by atoms with E-state index in [2.05, 4.69) is 0 Å². The molecule has 5 heteroatoms. The fourth-order valence-electron chi connectivity index (χ4n) is 3.69. The van der Waals surface area contributed by atoms with Crippen LogP contribution in [0.5, 0.6) is 0 Å². The van der Waals surface area contributed by atoms with E-state index in [-0.39, 0.29) is 17.7 Å². The van der Waals surface area contributed by atoms with Crippen molar-refractivity contribution in [1.82, 2.24) is 4.90 Å². The summed E-state index contributed by atoms with van der Waals surface area (Å²) in [5.41, 5.74) is 1.03. The maximum absolute atomic E-state index is 12.7. The van der Waals surface area contributed by atoms with E-state index < -0.39 is 11.9 Å². The predicted octanol–water partition coefficient (Wildman–Crippen LogP) is 3.09. The summed E-state index contributed by atoms with van der Waals surface area (Å²) in [5.74, 6) is -0.642. The number of nitrogens with zero attached hydrogens (tertiary/aromatic N) is 1. The number of rotatable bonds is 5. The van der Waals surface area contributed by atoms with Crippen LogP contribution >= 0.6 is 11.6 Å². The largest absolute Gasteiger partial charge is 0.481 e. The van der Waals surface area contributed by atoms with Gasteiger partial charge in [0.2, 0.25) is 5.91 Å². The summed E-state index contributed by atoms with van der Waals surface area (Å²) < 4.78 is 0. The van der Waals surface area contributed by atoms with Gasteiger partial charge >= 0.3 is 5.97 Å². The Morgan fingerprint density at radius 2 is 2.09 bits per heavy atom. The summed E-state index contributed by atoms with van der Waals surface area (Å²) in [7, 11) is 0. The van der Waals surface area contributed by atoms with Crippen LogP contribution < -0.4 is 0 Å². The number of carbonyl (C=O) groups excluding carboxylic acids is 1. The number of halogens is 1. The number of hydrogen-bond donors (Lipinski definition) is 1. The highest BCUT2D eigenvalue weighted by Crippen LogP contribution is 2.44. The van der Waals surface area contributed by atoms with Gasteiger partial charge in [0.15, 0.2) is 0 Å². The minimum atomic E-state index is -0.764. The van der Waals surface area contributed by atoms with Crippen LogP contribution in [0.1, 0.15) is 25.3 Å². The number of carboxylic acid groups (broad SMARTS) is 1. The molecular weight excluding hydrogens is 314 g/mol. The summed E-state index contributed by atoms with van der Waals surface area (Å²) in [5, 5.41) is 10.1. The molecule has 1 amide bonds. The van der Waals surface area contributed by atoms with E-state index in [0.29, 0.717) is 30.5 Å². The van der Waals surface area contributed by atoms with Crippen molar-refractivity contribution < 1.29 is 14.7 Å². The molecule has 0 radical (unpaired) electrons. The van der Waals surface area contributed by atoms with Crippen molar-refractivity contribution in [2.24, 2.45) is 23.7 Å². The normalized spacial score (nSPS) is 25.4. The van der Waals surface area contributed by atoms with E-state index in [4.69, 9.17) is 11.6 Å². The van der Waals surface area contributed by atoms with E-state index in [1.54, 1.807) is 4.90 Å². The third-order valence-corrected chi connectivity index (χ3v) is 5.31. The van der Waals surface area contributed by atoms with Crippen LogP contribution in [0.2, 0.25) is 5.02 Å². The third kappa shape index (κ3) is 3.69. The van der Waals surface area contributed by atoms with Crippen LogP contribution in [-0.2, 0) is 16.0 Å². The highest BCUT2D eigenvalue weighted by Gasteiger charge is 2.47. The molecule has 2 aliphatic rings. The summed E-state index contributed by atoms with van der Waals surface area (Å²) in [6.07, 6.45) is 2.84. The van der Waals surface area contributed by atoms with Gasteiger partial charge < -0.3 is 10.0 Å². The van der Waals surface area contributed by atoms with Gasteiger partial charge in [-0.2, -0.15) is 0 Å². The van der Waals surface area contributed by atoms with Gasteiger partial charge in [0.25, 0.3) is 0 Å². The molecule has 1 saturated heterocycles. The Kier molecular flexibility index (Phi) is 4.62. The number of benzene rings is 1. The van der Waals surface area contributed by atoms with Gasteiger partial charge in [0, 0.05) is 24.0 Å². The van der Waals surface area contributed by atoms with E-state index in [1.807, 2.05) is 31.2 Å². The molecule has 1 aliphatic carbocycles. The Hall–Kier alpha value is -1.55. The van der Waals surface area contributed by atoms with Crippen molar-refractivity contribution in [3.8, 4) is 0 Å². The molecule has 1 aliphatic heterocycles. The second-order valence-corrected chi connectivity index (χ2v) is 7.36. The quantitative estimate of drug-likeness (QED) is 0.899. The van der Waals surface area contributed by atoms with E-state index in [1.165, 1.54) is 0 Å². The Morgan fingerprint density at radius 3 is 2.70 bits per heavy atom. The van der Waals surface area contributed by atoms with Crippen molar-refractivity contribution in [1.29, 1.82) is 0 Å². The molecule has 3 atom stereocenters. The highest BCUT2D eigenvalue weighted by atomic mass is 35.5. The zero-order chi connectivity index (χ0) is 16.6. The van der Waals surface area contributed by atoms with Crippen LogP contribution in [0.4, 0.5) is 0 Å². The molecule has 2 fully saturated rings. The molecule has 124 valence electrons. The lowest BCUT2D eigenvalue weighted by Gasteiger charge is -2.21. The van der Waals surface area contributed by atoms with E-state index in [9.17, 15) is 14.7 Å². The first kappa shape index (κ1) is 16.3. The molecule has 1 aromatic carbocycles. The van der Waals surface area contributed by atoms with Crippen LogP contribution in [0.15, 0.2) is 24.3 Å². The molecule has 0 aromatic heterocycles. The van der Waals surface area contributed by atoms with Gasteiger partial charge in [-0.25, -0.2) is 0 Å². The standard InChI is InChI=1S/C18H22ClNO3/c1-11(7-12-3-2-4-14(19)8-12)17(21)20-9-15(13-5-6-13)16(10-20)18(22)23/h2-4,8,11,13,15-16H,5-7,9-10H2,1H3,(H,22,23)/t11?,15-,16+/m1/s1. The van der Waals surface area contributed by atoms with Crippen LogP contribution in [0.3, 0.4) is 0 Å². The molecule has 4 nitrogen and oxygen atoms in total. The van der Waals surface area contributed by atoms with Crippen LogP contribution in [0.25, 0.3) is 0 Å². The maximum atomic E-state index is 12.7.